The largest absolute Gasteiger partial charge is 0.481 e. The van der Waals surface area contributed by atoms with Crippen LogP contribution in [-0.4, -0.2) is 69.2 Å². The zero-order chi connectivity index (χ0) is 25.0. The van der Waals surface area contributed by atoms with E-state index in [0.29, 0.717) is 5.56 Å². The highest BCUT2D eigenvalue weighted by molar-refractivity contribution is 5.91. The van der Waals surface area contributed by atoms with Gasteiger partial charge in [0, 0.05) is 0 Å². The number of carboxylic acid groups (broad SMARTS) is 3. The fraction of sp³-hybridized carbons (Fsp3) is 0.421. The number of nitrogens with one attached hydrogen (secondary N) is 2. The van der Waals surface area contributed by atoms with Crippen molar-refractivity contribution in [1.29, 1.82) is 0 Å². The lowest BCUT2D eigenvalue weighted by molar-refractivity contribution is -0.144. The van der Waals surface area contributed by atoms with Crippen LogP contribution in [0.5, 0.6) is 0 Å². The van der Waals surface area contributed by atoms with Crippen molar-refractivity contribution < 1.29 is 43.7 Å². The Labute approximate surface area is 182 Å². The van der Waals surface area contributed by atoms with Crippen LogP contribution >= 0.6 is 0 Å². The predicted octanol–water partition coefficient (Wildman–Crippen LogP) is -1.34. The van der Waals surface area contributed by atoms with Gasteiger partial charge in [0.05, 0.1) is 12.5 Å². The molecule has 0 saturated carbocycles. The number of amides is 2. The third-order valence-electron chi connectivity index (χ3n) is 3.87. The molecule has 178 valence electrons. The number of carboxylic acids is 3. The van der Waals surface area contributed by atoms with Crippen LogP contribution in [0.25, 0.3) is 0 Å². The molecule has 9 N–H and O–H groups in total. The Morgan fingerprint density at radius 3 is 1.91 bits per heavy atom. The molecule has 0 aliphatic carbocycles. The number of nitrogens with two attached hydrogens (primary N) is 2. The van der Waals surface area contributed by atoms with E-state index in [1.807, 2.05) is 0 Å². The number of carbonyl (C=O) groups is 5. The maximum atomic E-state index is 13.1. The summed E-state index contributed by atoms with van der Waals surface area (Å²) in [5.41, 5.74) is 11.1. The fourth-order valence-electron chi connectivity index (χ4n) is 2.07. The monoisotopic (exact) mass is 458 g/mol. The van der Waals surface area contributed by atoms with Crippen molar-refractivity contribution in [3.05, 3.63) is 35.6 Å². The SMILES string of the molecule is C[C@H](NC(=O)[C@H](C)NC(=O)[C@@H](N)Cc1cccc(F)c1)C(=O)O.N[C@@H](CC(=O)O)C(=O)O. The molecule has 0 spiro atoms. The average Bonchev–Trinajstić information content (AvgIpc) is 2.67. The van der Waals surface area contributed by atoms with E-state index in [1.165, 1.54) is 32.0 Å². The van der Waals surface area contributed by atoms with E-state index in [-0.39, 0.29) is 6.42 Å². The molecule has 2 amide bonds. The zero-order valence-electron chi connectivity index (χ0n) is 17.4. The van der Waals surface area contributed by atoms with Gasteiger partial charge < -0.3 is 37.4 Å². The average molecular weight is 458 g/mol. The number of halogens is 1. The Hall–Kier alpha value is -3.58. The number of carbonyl (C=O) groups excluding carboxylic acids is 2. The second-order valence-corrected chi connectivity index (χ2v) is 6.78. The maximum Gasteiger partial charge on any atom is 0.325 e. The summed E-state index contributed by atoms with van der Waals surface area (Å²) in [5.74, 6) is -5.32. The molecule has 0 radical (unpaired) electrons. The molecule has 0 saturated heterocycles. The van der Waals surface area contributed by atoms with E-state index >= 15 is 0 Å². The summed E-state index contributed by atoms with van der Waals surface area (Å²) in [5, 5.41) is 29.4. The summed E-state index contributed by atoms with van der Waals surface area (Å²) in [6, 6.07) is 1.46. The van der Waals surface area contributed by atoms with Gasteiger partial charge >= 0.3 is 17.9 Å². The van der Waals surface area contributed by atoms with Gasteiger partial charge in [-0.25, -0.2) is 4.39 Å². The maximum absolute atomic E-state index is 13.1. The molecule has 0 aromatic heterocycles. The van der Waals surface area contributed by atoms with E-state index < -0.39 is 66.1 Å². The van der Waals surface area contributed by atoms with Crippen molar-refractivity contribution in [1.82, 2.24) is 10.6 Å². The van der Waals surface area contributed by atoms with Crippen LogP contribution in [0.4, 0.5) is 4.39 Å². The van der Waals surface area contributed by atoms with Crippen LogP contribution in [0.2, 0.25) is 0 Å². The molecular formula is C19H27FN4O8. The topological polar surface area (TPSA) is 222 Å². The molecular weight excluding hydrogens is 431 g/mol. The third-order valence-corrected chi connectivity index (χ3v) is 3.87. The van der Waals surface area contributed by atoms with Crippen molar-refractivity contribution in [2.75, 3.05) is 0 Å². The quantitative estimate of drug-likeness (QED) is 0.218. The zero-order valence-corrected chi connectivity index (χ0v) is 17.4. The lowest BCUT2D eigenvalue weighted by Gasteiger charge is -2.18. The molecule has 0 bridgehead atoms. The van der Waals surface area contributed by atoms with Crippen molar-refractivity contribution >= 4 is 29.7 Å². The Kier molecular flexibility index (Phi) is 12.1. The van der Waals surface area contributed by atoms with Gasteiger partial charge in [0.2, 0.25) is 11.8 Å². The molecule has 12 nitrogen and oxygen atoms in total. The predicted molar refractivity (Wildman–Crippen MR) is 109 cm³/mol. The van der Waals surface area contributed by atoms with Gasteiger partial charge in [0.1, 0.15) is 23.9 Å². The van der Waals surface area contributed by atoms with Crippen LogP contribution in [0.3, 0.4) is 0 Å². The van der Waals surface area contributed by atoms with Gasteiger partial charge in [-0.1, -0.05) is 12.1 Å². The summed E-state index contributed by atoms with van der Waals surface area (Å²) < 4.78 is 13.1. The molecule has 0 aliphatic rings. The molecule has 0 unspecified atom stereocenters. The third kappa shape index (κ3) is 11.6. The number of benzene rings is 1. The first-order valence-corrected chi connectivity index (χ1v) is 9.28. The van der Waals surface area contributed by atoms with E-state index in [0.717, 1.165) is 0 Å². The summed E-state index contributed by atoms with van der Waals surface area (Å²) >= 11 is 0. The Morgan fingerprint density at radius 2 is 1.47 bits per heavy atom. The van der Waals surface area contributed by atoms with Gasteiger partial charge in [-0.05, 0) is 38.0 Å². The number of aliphatic carboxylic acids is 3. The fourth-order valence-corrected chi connectivity index (χ4v) is 2.07. The van der Waals surface area contributed by atoms with E-state index in [1.54, 1.807) is 6.07 Å². The molecule has 1 rings (SSSR count). The Balaban J connectivity index is 0.000000900. The minimum absolute atomic E-state index is 0.115. The molecule has 1 aromatic rings. The second-order valence-electron chi connectivity index (χ2n) is 6.78. The molecule has 4 atom stereocenters. The minimum atomic E-state index is -1.29. The molecule has 0 heterocycles. The lowest BCUT2D eigenvalue weighted by atomic mass is 10.1. The summed E-state index contributed by atoms with van der Waals surface area (Å²) in [6.45, 7) is 2.72. The van der Waals surface area contributed by atoms with Crippen LogP contribution < -0.4 is 22.1 Å². The van der Waals surface area contributed by atoms with Crippen molar-refractivity contribution in [2.24, 2.45) is 11.5 Å². The highest BCUT2D eigenvalue weighted by Crippen LogP contribution is 2.06. The van der Waals surface area contributed by atoms with Gasteiger partial charge in [0.25, 0.3) is 0 Å². The van der Waals surface area contributed by atoms with Gasteiger partial charge in [0.15, 0.2) is 0 Å². The normalized spacial score (nSPS) is 13.9. The highest BCUT2D eigenvalue weighted by atomic mass is 19.1. The second kappa shape index (κ2) is 13.7. The van der Waals surface area contributed by atoms with Gasteiger partial charge in [-0.15, -0.1) is 0 Å². The Bertz CT molecular complexity index is 835. The first-order chi connectivity index (χ1) is 14.7. The number of rotatable bonds is 10. The minimum Gasteiger partial charge on any atom is -0.481 e. The van der Waals surface area contributed by atoms with E-state index in [4.69, 9.17) is 26.8 Å². The smallest absolute Gasteiger partial charge is 0.325 e. The summed E-state index contributed by atoms with van der Waals surface area (Å²) in [7, 11) is 0. The number of hydrogen-bond donors (Lipinski definition) is 7. The van der Waals surface area contributed by atoms with E-state index in [2.05, 4.69) is 10.6 Å². The first kappa shape index (κ1) is 28.4. The van der Waals surface area contributed by atoms with Crippen molar-refractivity contribution in [2.45, 2.75) is 50.9 Å². The van der Waals surface area contributed by atoms with Gasteiger partial charge in [-0.3, -0.25) is 24.0 Å². The van der Waals surface area contributed by atoms with Crippen LogP contribution in [-0.2, 0) is 30.4 Å². The molecule has 32 heavy (non-hydrogen) atoms. The van der Waals surface area contributed by atoms with E-state index in [9.17, 15) is 28.4 Å². The lowest BCUT2D eigenvalue weighted by Crippen LogP contribution is -2.53. The summed E-state index contributed by atoms with van der Waals surface area (Å²) in [4.78, 5) is 54.0. The van der Waals surface area contributed by atoms with Gasteiger partial charge in [-0.2, -0.15) is 0 Å². The van der Waals surface area contributed by atoms with Crippen molar-refractivity contribution in [3.8, 4) is 0 Å². The van der Waals surface area contributed by atoms with Crippen molar-refractivity contribution in [3.63, 3.8) is 0 Å². The standard InChI is InChI=1S/C15H20FN3O4.C4H7NO4/c1-8(13(20)19-9(2)15(22)23)18-14(21)12(17)7-10-4-3-5-11(16)6-10;5-2(4(8)9)1-3(6)7/h3-6,8-9,12H,7,17H2,1-2H3,(H,18,21)(H,19,20)(H,22,23);2H,1,5H2,(H,6,7)(H,8,9)/t8-,9-,12-;2-/m00/s1. The Morgan fingerprint density at radius 1 is 0.906 bits per heavy atom. The highest BCUT2D eigenvalue weighted by Gasteiger charge is 2.23. The van der Waals surface area contributed by atoms with Crippen LogP contribution in [0.15, 0.2) is 24.3 Å². The summed E-state index contributed by atoms with van der Waals surface area (Å²) in [6.07, 6.45) is -0.418. The number of hydrogen-bond acceptors (Lipinski definition) is 7. The molecule has 0 aliphatic heterocycles. The first-order valence-electron chi connectivity index (χ1n) is 9.28. The molecule has 1 aromatic carbocycles. The molecule has 13 heteroatoms. The van der Waals surface area contributed by atoms with Crippen LogP contribution in [0.1, 0.15) is 25.8 Å². The molecule has 0 fully saturated rings. The van der Waals surface area contributed by atoms with Crippen LogP contribution in [0, 0.1) is 5.82 Å².